The van der Waals surface area contributed by atoms with E-state index in [2.05, 4.69) is 36.2 Å². The highest BCUT2D eigenvalue weighted by Crippen LogP contribution is 2.21. The van der Waals surface area contributed by atoms with Gasteiger partial charge < -0.3 is 5.73 Å². The minimum atomic E-state index is -0.356. The van der Waals surface area contributed by atoms with E-state index < -0.39 is 0 Å². The van der Waals surface area contributed by atoms with Crippen molar-refractivity contribution in [2.75, 3.05) is 5.75 Å². The minimum absolute atomic E-state index is 0.220. The number of aromatic nitrogens is 2. The SMILES string of the molecule is Cc1ccc(-c2ccc(SCC(N)=O)nn2)cc1C. The molecule has 0 unspecified atom stereocenters. The van der Waals surface area contributed by atoms with E-state index in [0.29, 0.717) is 5.03 Å². The van der Waals surface area contributed by atoms with Crippen LogP contribution in [-0.2, 0) is 4.79 Å². The molecule has 0 aliphatic rings. The summed E-state index contributed by atoms with van der Waals surface area (Å²) in [5, 5.41) is 8.96. The summed E-state index contributed by atoms with van der Waals surface area (Å²) in [5.41, 5.74) is 9.44. The number of rotatable bonds is 4. The average molecular weight is 273 g/mol. The number of carbonyl (C=O) groups is 1. The zero-order chi connectivity index (χ0) is 13.8. The first kappa shape index (κ1) is 13.5. The molecule has 0 bridgehead atoms. The Morgan fingerprint density at radius 1 is 1.16 bits per heavy atom. The number of aryl methyl sites for hydroxylation is 2. The van der Waals surface area contributed by atoms with Gasteiger partial charge >= 0.3 is 0 Å². The number of thioether (sulfide) groups is 1. The number of hydrogen-bond donors (Lipinski definition) is 1. The van der Waals surface area contributed by atoms with Gasteiger partial charge in [0.05, 0.1) is 11.4 Å². The Balaban J connectivity index is 2.17. The molecule has 0 saturated carbocycles. The highest BCUT2D eigenvalue weighted by Gasteiger charge is 2.04. The fraction of sp³-hybridized carbons (Fsp3) is 0.214. The molecule has 0 fully saturated rings. The lowest BCUT2D eigenvalue weighted by Gasteiger charge is -2.05. The van der Waals surface area contributed by atoms with Crippen LogP contribution in [0.15, 0.2) is 35.4 Å². The number of benzene rings is 1. The zero-order valence-corrected chi connectivity index (χ0v) is 11.7. The average Bonchev–Trinajstić information content (AvgIpc) is 2.40. The van der Waals surface area contributed by atoms with Crippen LogP contribution >= 0.6 is 11.8 Å². The lowest BCUT2D eigenvalue weighted by molar-refractivity contribution is -0.115. The highest BCUT2D eigenvalue weighted by molar-refractivity contribution is 7.99. The van der Waals surface area contributed by atoms with Crippen molar-refractivity contribution < 1.29 is 4.79 Å². The van der Waals surface area contributed by atoms with Crippen molar-refractivity contribution in [1.82, 2.24) is 10.2 Å². The fourth-order valence-corrected chi connectivity index (χ4v) is 2.15. The summed E-state index contributed by atoms with van der Waals surface area (Å²) in [5.74, 6) is -0.137. The molecule has 19 heavy (non-hydrogen) atoms. The molecule has 2 N–H and O–H groups in total. The van der Waals surface area contributed by atoms with E-state index in [1.807, 2.05) is 18.2 Å². The molecule has 0 radical (unpaired) electrons. The molecule has 0 spiro atoms. The fourth-order valence-electron chi connectivity index (χ4n) is 1.60. The van der Waals surface area contributed by atoms with Crippen LogP contribution in [0.5, 0.6) is 0 Å². The summed E-state index contributed by atoms with van der Waals surface area (Å²) in [6.45, 7) is 4.15. The summed E-state index contributed by atoms with van der Waals surface area (Å²) in [6.07, 6.45) is 0. The van der Waals surface area contributed by atoms with E-state index in [-0.39, 0.29) is 11.7 Å². The van der Waals surface area contributed by atoms with Crippen LogP contribution in [0.25, 0.3) is 11.3 Å². The van der Waals surface area contributed by atoms with Gasteiger partial charge in [0.2, 0.25) is 5.91 Å². The molecule has 0 saturated heterocycles. The molecule has 0 aliphatic heterocycles. The van der Waals surface area contributed by atoms with Gasteiger partial charge in [0.15, 0.2) is 0 Å². The maximum atomic E-state index is 10.7. The van der Waals surface area contributed by atoms with Gasteiger partial charge in [-0.3, -0.25) is 4.79 Å². The van der Waals surface area contributed by atoms with E-state index in [1.165, 1.54) is 22.9 Å². The molecule has 1 aromatic carbocycles. The second-order valence-electron chi connectivity index (χ2n) is 4.31. The maximum absolute atomic E-state index is 10.7. The van der Waals surface area contributed by atoms with Gasteiger partial charge in [0, 0.05) is 5.56 Å². The molecule has 1 aromatic heterocycles. The normalized spacial score (nSPS) is 10.4. The van der Waals surface area contributed by atoms with Crippen molar-refractivity contribution in [3.63, 3.8) is 0 Å². The van der Waals surface area contributed by atoms with E-state index in [9.17, 15) is 4.79 Å². The number of hydrogen-bond acceptors (Lipinski definition) is 4. The molecule has 98 valence electrons. The smallest absolute Gasteiger partial charge is 0.227 e. The first-order chi connectivity index (χ1) is 9.06. The quantitative estimate of drug-likeness (QED) is 0.868. The minimum Gasteiger partial charge on any atom is -0.369 e. The molecule has 1 heterocycles. The predicted octanol–water partition coefficient (Wildman–Crippen LogP) is 2.34. The summed E-state index contributed by atoms with van der Waals surface area (Å²) >= 11 is 1.29. The van der Waals surface area contributed by atoms with Crippen molar-refractivity contribution in [1.29, 1.82) is 0 Å². The van der Waals surface area contributed by atoms with Crippen LogP contribution in [0.2, 0.25) is 0 Å². The van der Waals surface area contributed by atoms with Gasteiger partial charge in [-0.25, -0.2) is 0 Å². The molecule has 1 amide bonds. The van der Waals surface area contributed by atoms with E-state index in [4.69, 9.17) is 5.73 Å². The monoisotopic (exact) mass is 273 g/mol. The number of nitrogens with two attached hydrogens (primary N) is 1. The molecule has 0 atom stereocenters. The van der Waals surface area contributed by atoms with Gasteiger partial charge in [-0.15, -0.1) is 10.2 Å². The lowest BCUT2D eigenvalue weighted by atomic mass is 10.0. The summed E-state index contributed by atoms with van der Waals surface area (Å²) in [4.78, 5) is 10.7. The Bertz CT molecular complexity index is 596. The van der Waals surface area contributed by atoms with E-state index in [0.717, 1.165) is 11.3 Å². The Morgan fingerprint density at radius 3 is 2.53 bits per heavy atom. The molecule has 2 rings (SSSR count). The molecule has 5 heteroatoms. The largest absolute Gasteiger partial charge is 0.369 e. The Morgan fingerprint density at radius 2 is 1.95 bits per heavy atom. The standard InChI is InChI=1S/C14H15N3OS/c1-9-3-4-11(7-10(9)2)12-5-6-14(17-16-12)19-8-13(15)18/h3-7H,8H2,1-2H3,(H2,15,18). The lowest BCUT2D eigenvalue weighted by Crippen LogP contribution is -2.13. The summed E-state index contributed by atoms with van der Waals surface area (Å²) in [6, 6.07) is 9.95. The van der Waals surface area contributed by atoms with Gasteiger partial charge in [0.25, 0.3) is 0 Å². The molecule has 2 aromatic rings. The third-order valence-electron chi connectivity index (χ3n) is 2.81. The van der Waals surface area contributed by atoms with Gasteiger partial charge in [-0.2, -0.15) is 0 Å². The second kappa shape index (κ2) is 5.84. The van der Waals surface area contributed by atoms with Crippen LogP contribution in [0, 0.1) is 13.8 Å². The van der Waals surface area contributed by atoms with Crippen molar-refractivity contribution in [3.8, 4) is 11.3 Å². The second-order valence-corrected chi connectivity index (χ2v) is 5.31. The van der Waals surface area contributed by atoms with Crippen LogP contribution in [0.1, 0.15) is 11.1 Å². The summed E-state index contributed by atoms with van der Waals surface area (Å²) in [7, 11) is 0. The Hall–Kier alpha value is -1.88. The number of amides is 1. The first-order valence-electron chi connectivity index (χ1n) is 5.89. The molecule has 4 nitrogen and oxygen atoms in total. The van der Waals surface area contributed by atoms with Crippen LogP contribution in [0.4, 0.5) is 0 Å². The molecular weight excluding hydrogens is 258 g/mol. The Labute approximate surface area is 116 Å². The van der Waals surface area contributed by atoms with Crippen molar-refractivity contribution >= 4 is 17.7 Å². The van der Waals surface area contributed by atoms with Crippen molar-refractivity contribution in [2.45, 2.75) is 18.9 Å². The van der Waals surface area contributed by atoms with Crippen LogP contribution in [-0.4, -0.2) is 21.9 Å². The van der Waals surface area contributed by atoms with Gasteiger partial charge in [0.1, 0.15) is 5.03 Å². The zero-order valence-electron chi connectivity index (χ0n) is 10.9. The van der Waals surface area contributed by atoms with Crippen LogP contribution < -0.4 is 5.73 Å². The van der Waals surface area contributed by atoms with Crippen molar-refractivity contribution in [3.05, 3.63) is 41.5 Å². The number of carbonyl (C=O) groups excluding carboxylic acids is 1. The van der Waals surface area contributed by atoms with E-state index >= 15 is 0 Å². The topological polar surface area (TPSA) is 68.9 Å². The molecule has 0 aliphatic carbocycles. The third kappa shape index (κ3) is 3.54. The van der Waals surface area contributed by atoms with Crippen molar-refractivity contribution in [2.24, 2.45) is 5.73 Å². The number of primary amides is 1. The number of nitrogens with zero attached hydrogens (tertiary/aromatic N) is 2. The Kier molecular flexibility index (Phi) is 4.16. The highest BCUT2D eigenvalue weighted by atomic mass is 32.2. The third-order valence-corrected chi connectivity index (χ3v) is 3.75. The maximum Gasteiger partial charge on any atom is 0.227 e. The van der Waals surface area contributed by atoms with E-state index in [1.54, 1.807) is 0 Å². The van der Waals surface area contributed by atoms with Gasteiger partial charge in [-0.05, 0) is 43.2 Å². The predicted molar refractivity (Wildman–Crippen MR) is 76.9 cm³/mol. The van der Waals surface area contributed by atoms with Gasteiger partial charge in [-0.1, -0.05) is 23.9 Å². The first-order valence-corrected chi connectivity index (χ1v) is 6.87. The van der Waals surface area contributed by atoms with Crippen LogP contribution in [0.3, 0.4) is 0 Å². The summed E-state index contributed by atoms with van der Waals surface area (Å²) < 4.78 is 0. The molecular formula is C14H15N3OS.